The van der Waals surface area contributed by atoms with Gasteiger partial charge < -0.3 is 15.4 Å². The molecule has 0 radical (unpaired) electrons. The molecule has 0 saturated carbocycles. The molecule has 0 bridgehead atoms. The van der Waals surface area contributed by atoms with Crippen molar-refractivity contribution in [3.8, 4) is 5.75 Å². The molecular formula is C21H20ClN3O2. The summed E-state index contributed by atoms with van der Waals surface area (Å²) >= 11 is 5.83. The fourth-order valence-electron chi connectivity index (χ4n) is 2.61. The molecule has 0 fully saturated rings. The first-order chi connectivity index (χ1) is 13.2. The lowest BCUT2D eigenvalue weighted by atomic mass is 10.1. The van der Waals surface area contributed by atoms with Crippen LogP contribution in [0.3, 0.4) is 0 Å². The number of carbonyl (C=O) groups excluding carboxylic acids is 1. The van der Waals surface area contributed by atoms with Crippen molar-refractivity contribution < 1.29 is 9.53 Å². The summed E-state index contributed by atoms with van der Waals surface area (Å²) in [4.78, 5) is 16.5. The Morgan fingerprint density at radius 1 is 1.07 bits per heavy atom. The summed E-state index contributed by atoms with van der Waals surface area (Å²) in [7, 11) is 1.67. The number of para-hydroxylation sites is 1. The Morgan fingerprint density at radius 2 is 1.85 bits per heavy atom. The third-order valence-electron chi connectivity index (χ3n) is 4.03. The van der Waals surface area contributed by atoms with Crippen LogP contribution in [0.5, 0.6) is 5.75 Å². The summed E-state index contributed by atoms with van der Waals surface area (Å²) in [5.74, 6) is 1.15. The van der Waals surface area contributed by atoms with Crippen LogP contribution in [0.25, 0.3) is 0 Å². The minimum absolute atomic E-state index is 0.226. The molecule has 2 aromatic carbocycles. The molecule has 0 saturated heterocycles. The van der Waals surface area contributed by atoms with E-state index >= 15 is 0 Å². The molecule has 27 heavy (non-hydrogen) atoms. The molecule has 0 unspecified atom stereocenters. The Balaban J connectivity index is 1.52. The van der Waals surface area contributed by atoms with E-state index in [1.165, 1.54) is 0 Å². The van der Waals surface area contributed by atoms with Crippen LogP contribution in [-0.4, -0.2) is 24.5 Å². The van der Waals surface area contributed by atoms with Crippen LogP contribution in [-0.2, 0) is 6.42 Å². The topological polar surface area (TPSA) is 63.2 Å². The number of benzene rings is 2. The van der Waals surface area contributed by atoms with Crippen LogP contribution in [0.15, 0.2) is 66.9 Å². The van der Waals surface area contributed by atoms with Gasteiger partial charge in [-0.1, -0.05) is 29.8 Å². The molecule has 3 aromatic rings. The largest absolute Gasteiger partial charge is 0.496 e. The lowest BCUT2D eigenvalue weighted by molar-refractivity contribution is 0.102. The number of nitrogens with zero attached hydrogens (tertiary/aromatic N) is 1. The van der Waals surface area contributed by atoms with Crippen molar-refractivity contribution in [2.24, 2.45) is 0 Å². The Labute approximate surface area is 163 Å². The standard InChI is InChI=1S/C21H20ClN3O2/c1-27-19-5-3-2-4-15(19)12-13-23-18-10-11-20(24-14-18)25-21(26)16-6-8-17(22)9-7-16/h2-11,14,23H,12-13H2,1H3,(H,24,25,26). The highest BCUT2D eigenvalue weighted by Crippen LogP contribution is 2.18. The second-order valence-electron chi connectivity index (χ2n) is 5.88. The summed E-state index contributed by atoms with van der Waals surface area (Å²) in [5, 5.41) is 6.67. The monoisotopic (exact) mass is 381 g/mol. The van der Waals surface area contributed by atoms with Crippen LogP contribution in [0.1, 0.15) is 15.9 Å². The van der Waals surface area contributed by atoms with Crippen molar-refractivity contribution in [1.82, 2.24) is 4.98 Å². The Morgan fingerprint density at radius 3 is 2.56 bits per heavy atom. The van der Waals surface area contributed by atoms with Gasteiger partial charge in [-0.3, -0.25) is 4.79 Å². The molecule has 1 aromatic heterocycles. The van der Waals surface area contributed by atoms with E-state index in [-0.39, 0.29) is 5.91 Å². The van der Waals surface area contributed by atoms with Crippen molar-refractivity contribution in [3.63, 3.8) is 0 Å². The van der Waals surface area contributed by atoms with Gasteiger partial charge in [-0.2, -0.15) is 0 Å². The minimum atomic E-state index is -0.226. The van der Waals surface area contributed by atoms with E-state index in [2.05, 4.69) is 15.6 Å². The smallest absolute Gasteiger partial charge is 0.256 e. The number of amides is 1. The summed E-state index contributed by atoms with van der Waals surface area (Å²) in [6, 6.07) is 18.3. The first-order valence-electron chi connectivity index (χ1n) is 8.54. The number of carbonyl (C=O) groups is 1. The molecule has 0 spiro atoms. The van der Waals surface area contributed by atoms with Crippen LogP contribution in [0.2, 0.25) is 5.02 Å². The average Bonchev–Trinajstić information content (AvgIpc) is 2.70. The zero-order valence-electron chi connectivity index (χ0n) is 14.9. The zero-order valence-corrected chi connectivity index (χ0v) is 15.7. The highest BCUT2D eigenvalue weighted by Gasteiger charge is 2.07. The predicted molar refractivity (Wildman–Crippen MR) is 109 cm³/mol. The minimum Gasteiger partial charge on any atom is -0.496 e. The second kappa shape index (κ2) is 9.05. The Bertz CT molecular complexity index is 896. The van der Waals surface area contributed by atoms with Gasteiger partial charge in [0.05, 0.1) is 19.0 Å². The van der Waals surface area contributed by atoms with Crippen molar-refractivity contribution >= 4 is 29.0 Å². The van der Waals surface area contributed by atoms with Crippen molar-refractivity contribution in [2.45, 2.75) is 6.42 Å². The van der Waals surface area contributed by atoms with E-state index in [1.807, 2.05) is 30.3 Å². The Kier molecular flexibility index (Phi) is 6.28. The average molecular weight is 382 g/mol. The van der Waals surface area contributed by atoms with Crippen LogP contribution in [0.4, 0.5) is 11.5 Å². The molecule has 0 aliphatic heterocycles. The fraction of sp³-hybridized carbons (Fsp3) is 0.143. The molecule has 5 nitrogen and oxygen atoms in total. The molecule has 0 aliphatic rings. The SMILES string of the molecule is COc1ccccc1CCNc1ccc(NC(=O)c2ccc(Cl)cc2)nc1. The van der Waals surface area contributed by atoms with Crippen LogP contribution in [0, 0.1) is 0 Å². The molecule has 0 atom stereocenters. The molecule has 138 valence electrons. The molecule has 3 rings (SSSR count). The van der Waals surface area contributed by atoms with E-state index < -0.39 is 0 Å². The molecule has 2 N–H and O–H groups in total. The molecule has 6 heteroatoms. The van der Waals surface area contributed by atoms with Gasteiger partial charge in [-0.15, -0.1) is 0 Å². The highest BCUT2D eigenvalue weighted by molar-refractivity contribution is 6.30. The number of halogens is 1. The van der Waals surface area contributed by atoms with Gasteiger partial charge in [0.2, 0.25) is 0 Å². The van der Waals surface area contributed by atoms with E-state index in [0.29, 0.717) is 16.4 Å². The molecule has 1 amide bonds. The third-order valence-corrected chi connectivity index (χ3v) is 4.28. The zero-order chi connectivity index (χ0) is 19.1. The summed E-state index contributed by atoms with van der Waals surface area (Å²) in [6.07, 6.45) is 2.53. The maximum atomic E-state index is 12.2. The van der Waals surface area contributed by atoms with Crippen LogP contribution >= 0.6 is 11.6 Å². The van der Waals surface area contributed by atoms with Crippen molar-refractivity contribution in [3.05, 3.63) is 83.0 Å². The number of rotatable bonds is 7. The number of hydrogen-bond donors (Lipinski definition) is 2. The number of nitrogens with one attached hydrogen (secondary N) is 2. The number of pyridine rings is 1. The fourth-order valence-corrected chi connectivity index (χ4v) is 2.74. The second-order valence-corrected chi connectivity index (χ2v) is 6.32. The van der Waals surface area contributed by atoms with Gasteiger partial charge >= 0.3 is 0 Å². The number of hydrogen-bond acceptors (Lipinski definition) is 4. The summed E-state index contributed by atoms with van der Waals surface area (Å²) in [5.41, 5.74) is 2.56. The number of anilines is 2. The van der Waals surface area contributed by atoms with Gasteiger partial charge in [-0.25, -0.2) is 4.98 Å². The van der Waals surface area contributed by atoms with E-state index in [9.17, 15) is 4.79 Å². The van der Waals surface area contributed by atoms with E-state index in [0.717, 1.165) is 30.0 Å². The maximum absolute atomic E-state index is 12.2. The first-order valence-corrected chi connectivity index (χ1v) is 8.92. The number of ether oxygens (including phenoxy) is 1. The normalized spacial score (nSPS) is 10.3. The van der Waals surface area contributed by atoms with Crippen molar-refractivity contribution in [2.75, 3.05) is 24.3 Å². The van der Waals surface area contributed by atoms with Gasteiger partial charge in [0.15, 0.2) is 0 Å². The lowest BCUT2D eigenvalue weighted by Gasteiger charge is -2.10. The van der Waals surface area contributed by atoms with Gasteiger partial charge in [0.25, 0.3) is 5.91 Å². The predicted octanol–water partition coefficient (Wildman–Crippen LogP) is 4.65. The van der Waals surface area contributed by atoms with Gasteiger partial charge in [0, 0.05) is 17.1 Å². The van der Waals surface area contributed by atoms with E-state index in [4.69, 9.17) is 16.3 Å². The number of methoxy groups -OCH3 is 1. The molecular weight excluding hydrogens is 362 g/mol. The summed E-state index contributed by atoms with van der Waals surface area (Å²) < 4.78 is 5.36. The Hall–Kier alpha value is -3.05. The quantitative estimate of drug-likeness (QED) is 0.625. The summed E-state index contributed by atoms with van der Waals surface area (Å²) in [6.45, 7) is 0.749. The molecule has 1 heterocycles. The van der Waals surface area contributed by atoms with Crippen LogP contribution < -0.4 is 15.4 Å². The van der Waals surface area contributed by atoms with Gasteiger partial charge in [0.1, 0.15) is 11.6 Å². The first kappa shape index (κ1) is 18.7. The number of aromatic nitrogens is 1. The highest BCUT2D eigenvalue weighted by atomic mass is 35.5. The lowest BCUT2D eigenvalue weighted by Crippen LogP contribution is -2.13. The maximum Gasteiger partial charge on any atom is 0.256 e. The van der Waals surface area contributed by atoms with E-state index in [1.54, 1.807) is 43.6 Å². The van der Waals surface area contributed by atoms with Crippen molar-refractivity contribution in [1.29, 1.82) is 0 Å². The van der Waals surface area contributed by atoms with Gasteiger partial charge in [-0.05, 0) is 54.4 Å². The third kappa shape index (κ3) is 5.21. The molecule has 0 aliphatic carbocycles.